The molecule has 0 radical (unpaired) electrons. The second kappa shape index (κ2) is 9.60. The standard InChI is InChI=1S/C26H31F3N2O6/c27-26(28,29)17-9-7-8-16(14-17)15-30-31-22(32)20-18-19(35-24(34-18)10-3-1-4-11-24)21-23(33-20)37-25(36-21)12-5-2-6-13-25/h7-9,14-15,18-21,23H,1-6,10-13H2,(H,31,32)/b30-15+/t18-,19+,20?,21-,23-/m1/s1. The Morgan fingerprint density at radius 1 is 0.892 bits per heavy atom. The molecule has 1 N–H and O–H groups in total. The predicted molar refractivity (Wildman–Crippen MR) is 123 cm³/mol. The Morgan fingerprint density at radius 3 is 2.19 bits per heavy atom. The summed E-state index contributed by atoms with van der Waals surface area (Å²) >= 11 is 0. The lowest BCUT2D eigenvalue weighted by atomic mass is 9.94. The lowest BCUT2D eigenvalue weighted by molar-refractivity contribution is -0.247. The molecule has 1 amide bonds. The summed E-state index contributed by atoms with van der Waals surface area (Å²) in [6, 6.07) is 4.69. The minimum atomic E-state index is -4.47. The van der Waals surface area contributed by atoms with Gasteiger partial charge in [-0.05, 0) is 43.4 Å². The Kier molecular flexibility index (Phi) is 6.55. The van der Waals surface area contributed by atoms with Crippen molar-refractivity contribution in [2.75, 3.05) is 0 Å². The van der Waals surface area contributed by atoms with Gasteiger partial charge in [-0.1, -0.05) is 25.0 Å². The minimum Gasteiger partial charge on any atom is -0.341 e. The fraction of sp³-hybridized carbons (Fsp3) is 0.692. The van der Waals surface area contributed by atoms with E-state index in [-0.39, 0.29) is 5.56 Å². The van der Waals surface area contributed by atoms with Gasteiger partial charge in [0.25, 0.3) is 5.91 Å². The Bertz CT molecular complexity index is 1040. The van der Waals surface area contributed by atoms with Crippen LogP contribution in [0, 0.1) is 0 Å². The first kappa shape index (κ1) is 25.2. The molecule has 5 fully saturated rings. The Balaban J connectivity index is 1.20. The molecule has 5 aliphatic rings. The zero-order valence-corrected chi connectivity index (χ0v) is 20.4. The molecule has 1 aromatic carbocycles. The molecular weight excluding hydrogens is 493 g/mol. The number of hydrogen-bond acceptors (Lipinski definition) is 7. The number of hydrogen-bond donors (Lipinski definition) is 1. The minimum absolute atomic E-state index is 0.200. The highest BCUT2D eigenvalue weighted by atomic mass is 19.4. The first-order valence-electron chi connectivity index (χ1n) is 13.1. The molecular formula is C26H31F3N2O6. The van der Waals surface area contributed by atoms with Crippen LogP contribution in [0.3, 0.4) is 0 Å². The van der Waals surface area contributed by atoms with E-state index in [1.165, 1.54) is 12.1 Å². The molecule has 202 valence electrons. The summed E-state index contributed by atoms with van der Waals surface area (Å²) in [5, 5.41) is 3.89. The van der Waals surface area contributed by atoms with Crippen LogP contribution in [-0.4, -0.2) is 54.4 Å². The number of fused-ring (bicyclic) bond motifs is 3. The molecule has 5 atom stereocenters. The first-order chi connectivity index (χ1) is 17.8. The molecule has 6 rings (SSSR count). The van der Waals surface area contributed by atoms with E-state index in [9.17, 15) is 18.0 Å². The molecule has 2 aliphatic carbocycles. The van der Waals surface area contributed by atoms with Crippen LogP contribution in [0.25, 0.3) is 0 Å². The number of nitrogens with zero attached hydrogens (tertiary/aromatic N) is 1. The summed E-state index contributed by atoms with van der Waals surface area (Å²) in [5.41, 5.74) is 1.81. The van der Waals surface area contributed by atoms with Crippen molar-refractivity contribution in [2.45, 2.75) is 113 Å². The van der Waals surface area contributed by atoms with E-state index in [4.69, 9.17) is 23.7 Å². The number of alkyl halides is 3. The van der Waals surface area contributed by atoms with E-state index in [0.29, 0.717) is 0 Å². The van der Waals surface area contributed by atoms with E-state index < -0.39 is 59.9 Å². The molecule has 2 saturated carbocycles. The van der Waals surface area contributed by atoms with Crippen LogP contribution in [0.2, 0.25) is 0 Å². The van der Waals surface area contributed by atoms with Gasteiger partial charge in [0.1, 0.15) is 18.3 Å². The van der Waals surface area contributed by atoms with Crippen LogP contribution in [0.4, 0.5) is 13.2 Å². The van der Waals surface area contributed by atoms with Gasteiger partial charge in [0.05, 0.1) is 11.8 Å². The van der Waals surface area contributed by atoms with Crippen LogP contribution in [0.15, 0.2) is 29.4 Å². The Morgan fingerprint density at radius 2 is 1.51 bits per heavy atom. The van der Waals surface area contributed by atoms with Gasteiger partial charge in [-0.2, -0.15) is 18.3 Å². The highest BCUT2D eigenvalue weighted by molar-refractivity contribution is 5.85. The van der Waals surface area contributed by atoms with Crippen molar-refractivity contribution in [1.29, 1.82) is 0 Å². The molecule has 11 heteroatoms. The van der Waals surface area contributed by atoms with E-state index in [0.717, 1.165) is 82.6 Å². The lowest BCUT2D eigenvalue weighted by Crippen LogP contribution is -2.59. The van der Waals surface area contributed by atoms with Crippen molar-refractivity contribution in [3.05, 3.63) is 35.4 Å². The van der Waals surface area contributed by atoms with Crippen LogP contribution >= 0.6 is 0 Å². The van der Waals surface area contributed by atoms with E-state index in [2.05, 4.69) is 10.5 Å². The predicted octanol–water partition coefficient (Wildman–Crippen LogP) is 4.40. The van der Waals surface area contributed by atoms with E-state index in [1.54, 1.807) is 0 Å². The van der Waals surface area contributed by atoms with Gasteiger partial charge in [-0.25, -0.2) is 5.43 Å². The number of hydrazone groups is 1. The number of benzene rings is 1. The Labute approximate surface area is 212 Å². The number of rotatable bonds is 3. The van der Waals surface area contributed by atoms with Crippen LogP contribution in [-0.2, 0) is 34.7 Å². The topological polar surface area (TPSA) is 87.6 Å². The van der Waals surface area contributed by atoms with E-state index in [1.807, 2.05) is 0 Å². The summed E-state index contributed by atoms with van der Waals surface area (Å²) in [7, 11) is 0. The number of amides is 1. The van der Waals surface area contributed by atoms with Gasteiger partial charge in [-0.3, -0.25) is 4.79 Å². The summed E-state index contributed by atoms with van der Waals surface area (Å²) in [4.78, 5) is 13.2. The van der Waals surface area contributed by atoms with Crippen molar-refractivity contribution < 1.29 is 41.7 Å². The fourth-order valence-electron chi connectivity index (χ4n) is 6.20. The maximum absolute atomic E-state index is 13.2. The fourth-order valence-corrected chi connectivity index (χ4v) is 6.20. The number of nitrogens with one attached hydrogen (secondary N) is 1. The van der Waals surface area contributed by atoms with Gasteiger partial charge in [0, 0.05) is 25.7 Å². The van der Waals surface area contributed by atoms with Crippen molar-refractivity contribution in [1.82, 2.24) is 5.43 Å². The molecule has 2 spiro atoms. The monoisotopic (exact) mass is 524 g/mol. The van der Waals surface area contributed by atoms with Gasteiger partial charge in [0.2, 0.25) is 0 Å². The van der Waals surface area contributed by atoms with Crippen molar-refractivity contribution in [2.24, 2.45) is 5.10 Å². The highest BCUT2D eigenvalue weighted by Crippen LogP contribution is 2.50. The van der Waals surface area contributed by atoms with Gasteiger partial charge in [0.15, 0.2) is 24.0 Å². The zero-order chi connectivity index (χ0) is 25.7. The summed E-state index contributed by atoms with van der Waals surface area (Å²) < 4.78 is 70.8. The molecule has 3 saturated heterocycles. The van der Waals surface area contributed by atoms with Crippen molar-refractivity contribution in [3.63, 3.8) is 0 Å². The van der Waals surface area contributed by atoms with Crippen molar-refractivity contribution in [3.8, 4) is 0 Å². The first-order valence-corrected chi connectivity index (χ1v) is 13.1. The quantitative estimate of drug-likeness (QED) is 0.466. The summed E-state index contributed by atoms with van der Waals surface area (Å²) in [5.74, 6) is -2.10. The smallest absolute Gasteiger partial charge is 0.341 e. The molecule has 3 aliphatic heterocycles. The zero-order valence-electron chi connectivity index (χ0n) is 20.4. The van der Waals surface area contributed by atoms with Crippen LogP contribution in [0.1, 0.15) is 75.3 Å². The third kappa shape index (κ3) is 4.92. The second-order valence-corrected chi connectivity index (χ2v) is 10.6. The van der Waals surface area contributed by atoms with Gasteiger partial charge in [-0.15, -0.1) is 0 Å². The van der Waals surface area contributed by atoms with E-state index >= 15 is 0 Å². The molecule has 37 heavy (non-hydrogen) atoms. The number of halogens is 3. The highest BCUT2D eigenvalue weighted by Gasteiger charge is 2.65. The third-order valence-electron chi connectivity index (χ3n) is 7.97. The lowest BCUT2D eigenvalue weighted by Gasteiger charge is -2.36. The molecule has 8 nitrogen and oxygen atoms in total. The number of carbonyl (C=O) groups is 1. The molecule has 0 aromatic heterocycles. The Hall–Kier alpha value is -2.05. The molecule has 0 bridgehead atoms. The summed E-state index contributed by atoms with van der Waals surface area (Å²) in [6.45, 7) is 0. The molecule has 1 aromatic rings. The largest absolute Gasteiger partial charge is 0.416 e. The second-order valence-electron chi connectivity index (χ2n) is 10.6. The van der Waals surface area contributed by atoms with Gasteiger partial charge < -0.3 is 23.7 Å². The maximum atomic E-state index is 13.2. The maximum Gasteiger partial charge on any atom is 0.416 e. The number of ether oxygens (including phenoxy) is 5. The van der Waals surface area contributed by atoms with Crippen LogP contribution in [0.5, 0.6) is 0 Å². The average molecular weight is 525 g/mol. The normalized spacial score (nSPS) is 34.5. The SMILES string of the molecule is O=C(N/N=C/c1cccc(C(F)(F)F)c1)C1O[C@@H]2OC3(CCCCC3)O[C@@H]2[C@H]2OC3(CCCCC3)O[C@@H]12. The van der Waals surface area contributed by atoms with Gasteiger partial charge >= 0.3 is 6.18 Å². The van der Waals surface area contributed by atoms with Crippen LogP contribution < -0.4 is 5.43 Å². The average Bonchev–Trinajstić information content (AvgIpc) is 3.42. The molecule has 3 heterocycles. The number of carbonyl (C=O) groups excluding carboxylic acids is 1. The summed E-state index contributed by atoms with van der Waals surface area (Å²) in [6.07, 6.45) is 2.16. The third-order valence-corrected chi connectivity index (χ3v) is 7.97. The van der Waals surface area contributed by atoms with Crippen molar-refractivity contribution >= 4 is 12.1 Å². The molecule has 1 unspecified atom stereocenters.